The van der Waals surface area contributed by atoms with E-state index in [0.717, 1.165) is 30.0 Å². The van der Waals surface area contributed by atoms with E-state index in [1.54, 1.807) is 12.1 Å². The molecule has 2 rings (SSSR count). The highest BCUT2D eigenvalue weighted by atomic mass is 19.1. The molecule has 134 valence electrons. The van der Waals surface area contributed by atoms with E-state index >= 15 is 0 Å². The van der Waals surface area contributed by atoms with E-state index in [1.807, 2.05) is 24.3 Å². The van der Waals surface area contributed by atoms with Crippen LogP contribution in [0, 0.1) is 5.82 Å². The summed E-state index contributed by atoms with van der Waals surface area (Å²) in [5.41, 5.74) is 2.96. The van der Waals surface area contributed by atoms with Crippen LogP contribution >= 0.6 is 0 Å². The van der Waals surface area contributed by atoms with Gasteiger partial charge in [-0.25, -0.2) is 4.39 Å². The summed E-state index contributed by atoms with van der Waals surface area (Å²) in [6.07, 6.45) is 0.388. The summed E-state index contributed by atoms with van der Waals surface area (Å²) in [6.45, 7) is 7.35. The average Bonchev–Trinajstić information content (AvgIpc) is 2.63. The second kappa shape index (κ2) is 9.79. The van der Waals surface area contributed by atoms with Crippen LogP contribution in [0.3, 0.4) is 0 Å². The Morgan fingerprint density at radius 1 is 1.00 bits per heavy atom. The van der Waals surface area contributed by atoms with Crippen LogP contribution in [-0.2, 0) is 11.3 Å². The molecule has 0 fully saturated rings. The molecule has 0 heterocycles. The van der Waals surface area contributed by atoms with Gasteiger partial charge in [0.15, 0.2) is 0 Å². The first-order valence-electron chi connectivity index (χ1n) is 8.72. The molecule has 5 heteroatoms. The van der Waals surface area contributed by atoms with Crippen LogP contribution in [0.2, 0.25) is 0 Å². The van der Waals surface area contributed by atoms with Gasteiger partial charge in [0.2, 0.25) is 5.91 Å². The molecule has 0 aliphatic rings. The number of carbonyl (C=O) groups excluding carboxylic acids is 1. The number of hydrogen-bond donors (Lipinski definition) is 2. The van der Waals surface area contributed by atoms with E-state index in [9.17, 15) is 9.18 Å². The number of benzene rings is 2. The lowest BCUT2D eigenvalue weighted by Gasteiger charge is -2.21. The number of halogens is 1. The van der Waals surface area contributed by atoms with E-state index in [1.165, 1.54) is 12.1 Å². The summed E-state index contributed by atoms with van der Waals surface area (Å²) in [6, 6.07) is 14.2. The van der Waals surface area contributed by atoms with Crippen molar-refractivity contribution < 1.29 is 9.18 Å². The van der Waals surface area contributed by atoms with Crippen molar-refractivity contribution in [1.82, 2.24) is 5.32 Å². The topological polar surface area (TPSA) is 44.4 Å². The number of nitrogens with one attached hydrogen (secondary N) is 2. The SMILES string of the molecule is CCN(CC)c1ccc(NC(=O)CCNCc2ccc(F)cc2)cc1. The van der Waals surface area contributed by atoms with Gasteiger partial charge >= 0.3 is 0 Å². The predicted molar refractivity (Wildman–Crippen MR) is 101 cm³/mol. The van der Waals surface area contributed by atoms with Crippen molar-refractivity contribution in [2.45, 2.75) is 26.8 Å². The van der Waals surface area contributed by atoms with Gasteiger partial charge in [-0.1, -0.05) is 12.1 Å². The molecule has 0 spiro atoms. The maximum atomic E-state index is 12.8. The van der Waals surface area contributed by atoms with Gasteiger partial charge < -0.3 is 15.5 Å². The lowest BCUT2D eigenvalue weighted by atomic mass is 10.2. The summed E-state index contributed by atoms with van der Waals surface area (Å²) in [5.74, 6) is -0.266. The summed E-state index contributed by atoms with van der Waals surface area (Å²) in [5, 5.41) is 6.09. The molecule has 2 N–H and O–H groups in total. The normalized spacial score (nSPS) is 10.5. The fourth-order valence-corrected chi connectivity index (χ4v) is 2.60. The van der Waals surface area contributed by atoms with Gasteiger partial charge in [0.25, 0.3) is 0 Å². The van der Waals surface area contributed by atoms with Crippen LogP contribution in [0.4, 0.5) is 15.8 Å². The minimum atomic E-state index is -0.241. The van der Waals surface area contributed by atoms with Crippen molar-refractivity contribution >= 4 is 17.3 Å². The first kappa shape index (κ1) is 18.9. The summed E-state index contributed by atoms with van der Waals surface area (Å²) in [4.78, 5) is 14.2. The van der Waals surface area contributed by atoms with Crippen LogP contribution in [0.1, 0.15) is 25.8 Å². The third-order valence-corrected chi connectivity index (χ3v) is 4.05. The van der Waals surface area contributed by atoms with Crippen LogP contribution in [0.25, 0.3) is 0 Å². The first-order valence-corrected chi connectivity index (χ1v) is 8.72. The highest BCUT2D eigenvalue weighted by Crippen LogP contribution is 2.17. The van der Waals surface area contributed by atoms with E-state index in [-0.39, 0.29) is 11.7 Å². The molecule has 0 aromatic heterocycles. The molecule has 1 amide bonds. The zero-order chi connectivity index (χ0) is 18.1. The Kier molecular flexibility index (Phi) is 7.41. The van der Waals surface area contributed by atoms with E-state index in [4.69, 9.17) is 0 Å². The second-order valence-electron chi connectivity index (χ2n) is 5.82. The lowest BCUT2D eigenvalue weighted by Crippen LogP contribution is -2.22. The van der Waals surface area contributed by atoms with Crippen molar-refractivity contribution in [3.05, 3.63) is 59.9 Å². The van der Waals surface area contributed by atoms with Crippen molar-refractivity contribution in [2.75, 3.05) is 29.9 Å². The van der Waals surface area contributed by atoms with E-state index < -0.39 is 0 Å². The van der Waals surface area contributed by atoms with Crippen molar-refractivity contribution in [2.24, 2.45) is 0 Å². The maximum Gasteiger partial charge on any atom is 0.225 e. The molecule has 2 aromatic carbocycles. The van der Waals surface area contributed by atoms with Gasteiger partial charge in [-0.15, -0.1) is 0 Å². The summed E-state index contributed by atoms with van der Waals surface area (Å²) >= 11 is 0. The quantitative estimate of drug-likeness (QED) is 0.681. The van der Waals surface area contributed by atoms with Gasteiger partial charge in [0.1, 0.15) is 5.82 Å². The van der Waals surface area contributed by atoms with Crippen LogP contribution in [0.5, 0.6) is 0 Å². The Labute approximate surface area is 149 Å². The lowest BCUT2D eigenvalue weighted by molar-refractivity contribution is -0.116. The molecule has 0 aliphatic carbocycles. The van der Waals surface area contributed by atoms with E-state index in [2.05, 4.69) is 29.4 Å². The summed E-state index contributed by atoms with van der Waals surface area (Å²) < 4.78 is 12.8. The fraction of sp³-hybridized carbons (Fsp3) is 0.350. The largest absolute Gasteiger partial charge is 0.372 e. The number of hydrogen-bond acceptors (Lipinski definition) is 3. The molecular weight excluding hydrogens is 317 g/mol. The van der Waals surface area contributed by atoms with Crippen LogP contribution in [-0.4, -0.2) is 25.5 Å². The molecule has 4 nitrogen and oxygen atoms in total. The first-order chi connectivity index (χ1) is 12.1. The Morgan fingerprint density at radius 2 is 1.64 bits per heavy atom. The average molecular weight is 343 g/mol. The molecule has 0 unspecified atom stereocenters. The van der Waals surface area contributed by atoms with Crippen molar-refractivity contribution in [1.29, 1.82) is 0 Å². The minimum Gasteiger partial charge on any atom is -0.372 e. The van der Waals surface area contributed by atoms with Crippen LogP contribution in [0.15, 0.2) is 48.5 Å². The standard InChI is InChI=1S/C20H26FN3O/c1-3-24(4-2)19-11-9-18(10-12-19)23-20(25)13-14-22-15-16-5-7-17(21)8-6-16/h5-12,22H,3-4,13-15H2,1-2H3,(H,23,25). The monoisotopic (exact) mass is 343 g/mol. The Hall–Kier alpha value is -2.40. The third kappa shape index (κ3) is 6.19. The minimum absolute atomic E-state index is 0.0257. The highest BCUT2D eigenvalue weighted by Gasteiger charge is 2.04. The Bertz CT molecular complexity index is 652. The second-order valence-corrected chi connectivity index (χ2v) is 5.82. The number of anilines is 2. The van der Waals surface area contributed by atoms with Crippen LogP contribution < -0.4 is 15.5 Å². The van der Waals surface area contributed by atoms with Crippen molar-refractivity contribution in [3.63, 3.8) is 0 Å². The molecule has 0 aliphatic heterocycles. The number of amides is 1. The van der Waals surface area contributed by atoms with Crippen molar-refractivity contribution in [3.8, 4) is 0 Å². The number of carbonyl (C=O) groups is 1. The Balaban J connectivity index is 1.72. The number of rotatable bonds is 9. The molecule has 0 atom stereocenters. The van der Waals surface area contributed by atoms with E-state index in [0.29, 0.717) is 19.5 Å². The molecular formula is C20H26FN3O. The third-order valence-electron chi connectivity index (χ3n) is 4.05. The number of nitrogens with zero attached hydrogens (tertiary/aromatic N) is 1. The molecule has 25 heavy (non-hydrogen) atoms. The zero-order valence-electron chi connectivity index (χ0n) is 14.9. The maximum absolute atomic E-state index is 12.8. The smallest absolute Gasteiger partial charge is 0.225 e. The van der Waals surface area contributed by atoms with Gasteiger partial charge in [-0.3, -0.25) is 4.79 Å². The highest BCUT2D eigenvalue weighted by molar-refractivity contribution is 5.91. The summed E-state index contributed by atoms with van der Waals surface area (Å²) in [7, 11) is 0. The fourth-order valence-electron chi connectivity index (χ4n) is 2.60. The molecule has 2 aromatic rings. The van der Waals surface area contributed by atoms with Gasteiger partial charge in [-0.05, 0) is 55.8 Å². The molecule has 0 saturated carbocycles. The molecule has 0 saturated heterocycles. The zero-order valence-corrected chi connectivity index (χ0v) is 14.9. The predicted octanol–water partition coefficient (Wildman–Crippen LogP) is 3.79. The van der Waals surface area contributed by atoms with Gasteiger partial charge in [0.05, 0.1) is 0 Å². The molecule has 0 radical (unpaired) electrons. The Morgan fingerprint density at radius 3 is 2.24 bits per heavy atom. The van der Waals surface area contributed by atoms with Gasteiger partial charge in [-0.2, -0.15) is 0 Å². The molecule has 0 bridgehead atoms. The van der Waals surface area contributed by atoms with Gasteiger partial charge in [0, 0.05) is 44.0 Å².